The lowest BCUT2D eigenvalue weighted by Crippen LogP contribution is -2.14. The van der Waals surface area contributed by atoms with E-state index in [9.17, 15) is 0 Å². The van der Waals surface area contributed by atoms with E-state index in [0.717, 1.165) is 35.4 Å². The van der Waals surface area contributed by atoms with Gasteiger partial charge in [0.2, 0.25) is 0 Å². The van der Waals surface area contributed by atoms with Crippen LogP contribution in [0.15, 0.2) is 6.20 Å². The standard InChI is InChI=1S/C13H15ClN4O/c1-3-10-8(6-18(2)17-10)13-15-11-4-5-19-7-9(11)12(14)16-13/h6H,3-5,7H2,1-2H3. The van der Waals surface area contributed by atoms with Crippen LogP contribution in [-0.4, -0.2) is 26.4 Å². The number of fused-ring (bicyclic) bond motifs is 1. The second kappa shape index (κ2) is 4.90. The normalized spacial score (nSPS) is 14.5. The Morgan fingerprint density at radius 3 is 3.05 bits per heavy atom. The maximum atomic E-state index is 6.24. The molecule has 6 heteroatoms. The molecule has 0 radical (unpaired) electrons. The molecule has 1 aliphatic rings. The molecule has 100 valence electrons. The first-order valence-corrected chi connectivity index (χ1v) is 6.72. The highest BCUT2D eigenvalue weighted by molar-refractivity contribution is 6.30. The minimum Gasteiger partial charge on any atom is -0.376 e. The zero-order chi connectivity index (χ0) is 13.4. The fourth-order valence-corrected chi connectivity index (χ4v) is 2.54. The minimum atomic E-state index is 0.491. The van der Waals surface area contributed by atoms with Crippen LogP contribution in [0.2, 0.25) is 5.15 Å². The van der Waals surface area contributed by atoms with E-state index in [1.807, 2.05) is 13.2 Å². The Balaban J connectivity index is 2.12. The van der Waals surface area contributed by atoms with Gasteiger partial charge >= 0.3 is 0 Å². The molecular formula is C13H15ClN4O. The van der Waals surface area contributed by atoms with E-state index in [-0.39, 0.29) is 0 Å². The summed E-state index contributed by atoms with van der Waals surface area (Å²) in [5, 5.41) is 4.91. The molecule has 0 saturated carbocycles. The van der Waals surface area contributed by atoms with Crippen molar-refractivity contribution in [3.63, 3.8) is 0 Å². The molecule has 0 N–H and O–H groups in total. The monoisotopic (exact) mass is 278 g/mol. The number of hydrogen-bond donors (Lipinski definition) is 0. The lowest BCUT2D eigenvalue weighted by molar-refractivity contribution is 0.109. The van der Waals surface area contributed by atoms with E-state index >= 15 is 0 Å². The smallest absolute Gasteiger partial charge is 0.164 e. The Morgan fingerprint density at radius 1 is 1.42 bits per heavy atom. The van der Waals surface area contributed by atoms with Crippen LogP contribution < -0.4 is 0 Å². The highest BCUT2D eigenvalue weighted by Gasteiger charge is 2.19. The minimum absolute atomic E-state index is 0.491. The molecule has 0 spiro atoms. The molecule has 0 saturated heterocycles. The van der Waals surface area contributed by atoms with Crippen molar-refractivity contribution in [2.45, 2.75) is 26.4 Å². The first-order chi connectivity index (χ1) is 9.19. The molecule has 0 atom stereocenters. The molecule has 19 heavy (non-hydrogen) atoms. The van der Waals surface area contributed by atoms with Crippen molar-refractivity contribution in [1.29, 1.82) is 0 Å². The van der Waals surface area contributed by atoms with Gasteiger partial charge in [-0.1, -0.05) is 18.5 Å². The van der Waals surface area contributed by atoms with E-state index in [1.165, 1.54) is 0 Å². The predicted octanol–water partition coefficient (Wildman–Crippen LogP) is 2.17. The molecular weight excluding hydrogens is 264 g/mol. The first-order valence-electron chi connectivity index (χ1n) is 6.35. The number of hydrogen-bond acceptors (Lipinski definition) is 4. The van der Waals surface area contributed by atoms with Crippen molar-refractivity contribution >= 4 is 11.6 Å². The van der Waals surface area contributed by atoms with Crippen LogP contribution in [0, 0.1) is 0 Å². The number of nitrogens with zero attached hydrogens (tertiary/aromatic N) is 4. The average molecular weight is 279 g/mol. The summed E-state index contributed by atoms with van der Waals surface area (Å²) >= 11 is 6.24. The van der Waals surface area contributed by atoms with E-state index in [1.54, 1.807) is 4.68 Å². The molecule has 2 aromatic rings. The van der Waals surface area contributed by atoms with Gasteiger partial charge in [-0.3, -0.25) is 4.68 Å². The van der Waals surface area contributed by atoms with E-state index in [0.29, 0.717) is 24.2 Å². The fraction of sp³-hybridized carbons (Fsp3) is 0.462. The lowest BCUT2D eigenvalue weighted by atomic mass is 10.1. The summed E-state index contributed by atoms with van der Waals surface area (Å²) in [5.41, 5.74) is 3.86. The molecule has 5 nitrogen and oxygen atoms in total. The van der Waals surface area contributed by atoms with Gasteiger partial charge in [-0.25, -0.2) is 9.97 Å². The van der Waals surface area contributed by atoms with Gasteiger partial charge in [0, 0.05) is 25.2 Å². The van der Waals surface area contributed by atoms with Crippen LogP contribution in [0.3, 0.4) is 0 Å². The second-order valence-electron chi connectivity index (χ2n) is 4.58. The van der Waals surface area contributed by atoms with Gasteiger partial charge in [-0.05, 0) is 6.42 Å². The van der Waals surface area contributed by atoms with Gasteiger partial charge in [0.25, 0.3) is 0 Å². The summed E-state index contributed by atoms with van der Waals surface area (Å²) in [6.07, 6.45) is 3.57. The molecule has 0 aliphatic carbocycles. The van der Waals surface area contributed by atoms with Gasteiger partial charge in [-0.2, -0.15) is 5.10 Å². The maximum Gasteiger partial charge on any atom is 0.164 e. The third-order valence-electron chi connectivity index (χ3n) is 3.25. The van der Waals surface area contributed by atoms with Crippen LogP contribution in [0.5, 0.6) is 0 Å². The fourth-order valence-electron chi connectivity index (χ4n) is 2.30. The van der Waals surface area contributed by atoms with Gasteiger partial charge in [0.1, 0.15) is 5.15 Å². The molecule has 2 aromatic heterocycles. The molecule has 0 fully saturated rings. The maximum absolute atomic E-state index is 6.24. The van der Waals surface area contributed by atoms with Crippen LogP contribution in [0.25, 0.3) is 11.4 Å². The molecule has 0 unspecified atom stereocenters. The zero-order valence-corrected chi connectivity index (χ0v) is 11.7. The summed E-state index contributed by atoms with van der Waals surface area (Å²) in [5.74, 6) is 0.663. The number of ether oxygens (including phenoxy) is 1. The zero-order valence-electron chi connectivity index (χ0n) is 11.0. The summed E-state index contributed by atoms with van der Waals surface area (Å²) in [6.45, 7) is 3.26. The Morgan fingerprint density at radius 2 is 2.26 bits per heavy atom. The van der Waals surface area contributed by atoms with E-state index < -0.39 is 0 Å². The molecule has 0 aromatic carbocycles. The first kappa shape index (κ1) is 12.6. The molecule has 3 heterocycles. The SMILES string of the molecule is CCc1nn(C)cc1-c1nc(Cl)c2c(n1)CCOC2. The number of rotatable bonds is 2. The van der Waals surface area contributed by atoms with Crippen LogP contribution in [0.4, 0.5) is 0 Å². The average Bonchev–Trinajstić information content (AvgIpc) is 2.80. The van der Waals surface area contributed by atoms with Crippen LogP contribution in [0.1, 0.15) is 23.9 Å². The highest BCUT2D eigenvalue weighted by Crippen LogP contribution is 2.27. The van der Waals surface area contributed by atoms with Crippen molar-refractivity contribution < 1.29 is 4.74 Å². The molecule has 0 amide bonds. The van der Waals surface area contributed by atoms with Crippen molar-refractivity contribution in [3.05, 3.63) is 28.3 Å². The Kier molecular flexibility index (Phi) is 3.24. The van der Waals surface area contributed by atoms with E-state index in [2.05, 4.69) is 22.0 Å². The van der Waals surface area contributed by atoms with Gasteiger partial charge in [0.05, 0.1) is 30.2 Å². The van der Waals surface area contributed by atoms with Gasteiger partial charge in [-0.15, -0.1) is 0 Å². The predicted molar refractivity (Wildman–Crippen MR) is 72.0 cm³/mol. The Hall–Kier alpha value is -1.46. The van der Waals surface area contributed by atoms with Crippen LogP contribution in [-0.2, 0) is 31.2 Å². The number of aromatic nitrogens is 4. The Labute approximate surface area is 116 Å². The third kappa shape index (κ3) is 2.24. The van der Waals surface area contributed by atoms with Gasteiger partial charge < -0.3 is 4.74 Å². The van der Waals surface area contributed by atoms with Crippen LogP contribution >= 0.6 is 11.6 Å². The van der Waals surface area contributed by atoms with Crippen molar-refractivity contribution in [2.24, 2.45) is 7.05 Å². The van der Waals surface area contributed by atoms with Gasteiger partial charge in [0.15, 0.2) is 5.82 Å². The largest absolute Gasteiger partial charge is 0.376 e. The Bertz CT molecular complexity index is 623. The highest BCUT2D eigenvalue weighted by atomic mass is 35.5. The molecule has 3 rings (SSSR count). The van der Waals surface area contributed by atoms with Crippen molar-refractivity contribution in [1.82, 2.24) is 19.7 Å². The molecule has 1 aliphatic heterocycles. The summed E-state index contributed by atoms with van der Waals surface area (Å²) < 4.78 is 7.18. The quantitative estimate of drug-likeness (QED) is 0.790. The third-order valence-corrected chi connectivity index (χ3v) is 3.57. The van der Waals surface area contributed by atoms with E-state index in [4.69, 9.17) is 16.3 Å². The number of halogens is 1. The summed E-state index contributed by atoms with van der Waals surface area (Å²) in [4.78, 5) is 9.04. The lowest BCUT2D eigenvalue weighted by Gasteiger charge is -2.17. The second-order valence-corrected chi connectivity index (χ2v) is 4.94. The number of aryl methyl sites for hydroxylation is 2. The van der Waals surface area contributed by atoms with Crippen molar-refractivity contribution in [3.8, 4) is 11.4 Å². The molecule has 0 bridgehead atoms. The summed E-state index contributed by atoms with van der Waals surface area (Å²) in [7, 11) is 1.90. The summed E-state index contributed by atoms with van der Waals surface area (Å²) in [6, 6.07) is 0. The van der Waals surface area contributed by atoms with Crippen molar-refractivity contribution in [2.75, 3.05) is 6.61 Å². The topological polar surface area (TPSA) is 52.8 Å².